The molecule has 23 heavy (non-hydrogen) atoms. The number of phenols is 1. The summed E-state index contributed by atoms with van der Waals surface area (Å²) in [6.07, 6.45) is 1.56. The van der Waals surface area contributed by atoms with Crippen LogP contribution in [0.1, 0.15) is 5.56 Å². The molecule has 0 unspecified atom stereocenters. The van der Waals surface area contributed by atoms with Gasteiger partial charge in [0, 0.05) is 25.5 Å². The Morgan fingerprint density at radius 2 is 1.83 bits per heavy atom. The Bertz CT molecular complexity index is 847. The van der Waals surface area contributed by atoms with E-state index in [4.69, 9.17) is 0 Å². The zero-order chi connectivity index (χ0) is 16.2. The number of hydrogen-bond donors (Lipinski definition) is 2. The van der Waals surface area contributed by atoms with Gasteiger partial charge in [0.2, 0.25) is 5.13 Å². The standard InChI is InChI=1S/C16H11Br2N3OS/c17-12-3-1-10(2-4-12)14-9-23-16(20-14)21-19-8-11-7-13(18)5-6-15(11)22/h1-9,22H,(H,20,21)/b19-8-. The summed E-state index contributed by atoms with van der Waals surface area (Å²) in [5.41, 5.74) is 5.45. The zero-order valence-corrected chi connectivity index (χ0v) is 15.7. The minimum Gasteiger partial charge on any atom is -0.507 e. The first-order chi connectivity index (χ1) is 11.1. The first-order valence-corrected chi connectivity index (χ1v) is 9.07. The molecule has 0 aliphatic rings. The van der Waals surface area contributed by atoms with E-state index in [1.165, 1.54) is 11.3 Å². The summed E-state index contributed by atoms with van der Waals surface area (Å²) in [6.45, 7) is 0. The predicted molar refractivity (Wildman–Crippen MR) is 102 cm³/mol. The monoisotopic (exact) mass is 451 g/mol. The van der Waals surface area contributed by atoms with Gasteiger partial charge in [0.25, 0.3) is 0 Å². The van der Waals surface area contributed by atoms with E-state index in [-0.39, 0.29) is 5.75 Å². The van der Waals surface area contributed by atoms with Crippen molar-refractivity contribution in [1.82, 2.24) is 4.98 Å². The molecule has 1 heterocycles. The number of aromatic nitrogens is 1. The van der Waals surface area contributed by atoms with Crippen molar-refractivity contribution < 1.29 is 5.11 Å². The summed E-state index contributed by atoms with van der Waals surface area (Å²) in [4.78, 5) is 4.49. The third-order valence-corrected chi connectivity index (χ3v) is 4.77. The van der Waals surface area contributed by atoms with E-state index in [0.717, 1.165) is 20.2 Å². The second-order valence-corrected chi connectivity index (χ2v) is 7.31. The Hall–Kier alpha value is -1.70. The second-order valence-electron chi connectivity index (χ2n) is 4.62. The molecule has 0 aliphatic heterocycles. The van der Waals surface area contributed by atoms with E-state index in [2.05, 4.69) is 47.4 Å². The minimum absolute atomic E-state index is 0.174. The molecule has 2 N–H and O–H groups in total. The van der Waals surface area contributed by atoms with Crippen LogP contribution in [0.15, 0.2) is 61.9 Å². The summed E-state index contributed by atoms with van der Waals surface area (Å²) in [7, 11) is 0. The van der Waals surface area contributed by atoms with Gasteiger partial charge in [0.15, 0.2) is 0 Å². The highest BCUT2D eigenvalue weighted by Gasteiger charge is 2.04. The van der Waals surface area contributed by atoms with Gasteiger partial charge in [0.1, 0.15) is 5.75 Å². The molecule has 0 fully saturated rings. The number of anilines is 1. The van der Waals surface area contributed by atoms with E-state index in [1.54, 1.807) is 24.4 Å². The van der Waals surface area contributed by atoms with Crippen molar-refractivity contribution in [2.75, 3.05) is 5.43 Å². The molecule has 0 atom stereocenters. The molecule has 2 aromatic carbocycles. The SMILES string of the molecule is Oc1ccc(Br)cc1/C=N\Nc1nc(-c2ccc(Br)cc2)cs1. The molecule has 0 aliphatic carbocycles. The van der Waals surface area contributed by atoms with Crippen LogP contribution < -0.4 is 5.43 Å². The normalized spacial score (nSPS) is 11.0. The van der Waals surface area contributed by atoms with Crippen molar-refractivity contribution >= 4 is 54.5 Å². The average Bonchev–Trinajstić information content (AvgIpc) is 3.00. The summed E-state index contributed by atoms with van der Waals surface area (Å²) < 4.78 is 1.91. The number of rotatable bonds is 4. The first kappa shape index (κ1) is 16.2. The number of phenolic OH excluding ortho intramolecular Hbond substituents is 1. The average molecular weight is 453 g/mol. The highest BCUT2D eigenvalue weighted by atomic mass is 79.9. The van der Waals surface area contributed by atoms with Gasteiger partial charge >= 0.3 is 0 Å². The molecule has 3 aromatic rings. The van der Waals surface area contributed by atoms with Crippen molar-refractivity contribution in [2.24, 2.45) is 5.10 Å². The maximum atomic E-state index is 9.75. The fourth-order valence-electron chi connectivity index (χ4n) is 1.86. The topological polar surface area (TPSA) is 57.5 Å². The van der Waals surface area contributed by atoms with Crippen molar-refractivity contribution in [3.63, 3.8) is 0 Å². The van der Waals surface area contributed by atoms with E-state index in [1.807, 2.05) is 29.6 Å². The molecule has 3 rings (SSSR count). The maximum Gasteiger partial charge on any atom is 0.203 e. The molecular weight excluding hydrogens is 442 g/mol. The van der Waals surface area contributed by atoms with E-state index < -0.39 is 0 Å². The number of benzene rings is 2. The van der Waals surface area contributed by atoms with E-state index in [9.17, 15) is 5.11 Å². The largest absolute Gasteiger partial charge is 0.507 e. The number of hydrazone groups is 1. The smallest absolute Gasteiger partial charge is 0.203 e. The highest BCUT2D eigenvalue weighted by Crippen LogP contribution is 2.26. The molecule has 0 saturated heterocycles. The summed E-state index contributed by atoms with van der Waals surface area (Å²) in [5.74, 6) is 0.174. The molecule has 0 radical (unpaired) electrons. The lowest BCUT2D eigenvalue weighted by Gasteiger charge is -1.99. The van der Waals surface area contributed by atoms with E-state index >= 15 is 0 Å². The number of thiazole rings is 1. The van der Waals surface area contributed by atoms with Crippen LogP contribution in [0, 0.1) is 0 Å². The molecule has 0 bridgehead atoms. The maximum absolute atomic E-state index is 9.75. The van der Waals surface area contributed by atoms with Crippen LogP contribution in [0.2, 0.25) is 0 Å². The van der Waals surface area contributed by atoms with Crippen LogP contribution in [0.25, 0.3) is 11.3 Å². The number of nitrogens with one attached hydrogen (secondary N) is 1. The Labute approximate surface area is 154 Å². The van der Waals surface area contributed by atoms with Gasteiger partial charge < -0.3 is 5.11 Å². The lowest BCUT2D eigenvalue weighted by atomic mass is 10.2. The summed E-state index contributed by atoms with van der Waals surface area (Å²) >= 11 is 8.25. The van der Waals surface area contributed by atoms with Gasteiger partial charge in [0.05, 0.1) is 11.9 Å². The Balaban J connectivity index is 1.71. The lowest BCUT2D eigenvalue weighted by molar-refractivity contribution is 0.474. The lowest BCUT2D eigenvalue weighted by Crippen LogP contribution is -1.90. The first-order valence-electron chi connectivity index (χ1n) is 6.61. The van der Waals surface area contributed by atoms with Crippen LogP contribution in [0.4, 0.5) is 5.13 Å². The Morgan fingerprint density at radius 3 is 2.61 bits per heavy atom. The van der Waals surface area contributed by atoms with Crippen LogP contribution >= 0.6 is 43.2 Å². The predicted octanol–water partition coefficient (Wildman–Crippen LogP) is 5.49. The van der Waals surface area contributed by atoms with Gasteiger partial charge in [-0.3, -0.25) is 5.43 Å². The minimum atomic E-state index is 0.174. The van der Waals surface area contributed by atoms with Crippen LogP contribution in [-0.4, -0.2) is 16.3 Å². The molecular formula is C16H11Br2N3OS. The molecule has 7 heteroatoms. The number of hydrogen-bond acceptors (Lipinski definition) is 5. The van der Waals surface area contributed by atoms with Gasteiger partial charge in [-0.2, -0.15) is 5.10 Å². The van der Waals surface area contributed by atoms with Crippen LogP contribution in [-0.2, 0) is 0 Å². The number of nitrogens with zero attached hydrogens (tertiary/aromatic N) is 2. The fourth-order valence-corrected chi connectivity index (χ4v) is 3.18. The summed E-state index contributed by atoms with van der Waals surface area (Å²) in [5, 5.41) is 16.5. The van der Waals surface area contributed by atoms with Crippen molar-refractivity contribution in [1.29, 1.82) is 0 Å². The Morgan fingerprint density at radius 1 is 1.09 bits per heavy atom. The number of aromatic hydroxyl groups is 1. The molecule has 4 nitrogen and oxygen atoms in total. The van der Waals surface area contributed by atoms with Gasteiger partial charge in [-0.25, -0.2) is 4.98 Å². The fraction of sp³-hybridized carbons (Fsp3) is 0. The van der Waals surface area contributed by atoms with Crippen LogP contribution in [0.3, 0.4) is 0 Å². The van der Waals surface area contributed by atoms with Crippen LogP contribution in [0.5, 0.6) is 5.75 Å². The van der Waals surface area contributed by atoms with Gasteiger partial charge in [-0.05, 0) is 30.3 Å². The molecule has 116 valence electrons. The van der Waals surface area contributed by atoms with Gasteiger partial charge in [-0.1, -0.05) is 44.0 Å². The van der Waals surface area contributed by atoms with Crippen molar-refractivity contribution in [3.05, 3.63) is 62.4 Å². The molecule has 0 saturated carbocycles. The molecule has 0 amide bonds. The summed E-state index contributed by atoms with van der Waals surface area (Å²) in [6, 6.07) is 13.1. The highest BCUT2D eigenvalue weighted by molar-refractivity contribution is 9.10. The molecule has 1 aromatic heterocycles. The van der Waals surface area contributed by atoms with Crippen molar-refractivity contribution in [2.45, 2.75) is 0 Å². The van der Waals surface area contributed by atoms with E-state index in [0.29, 0.717) is 10.7 Å². The third kappa shape index (κ3) is 4.19. The Kier molecular flexibility index (Phi) is 5.09. The quantitative estimate of drug-likeness (QED) is 0.406. The number of halogens is 2. The van der Waals surface area contributed by atoms with Gasteiger partial charge in [-0.15, -0.1) is 11.3 Å². The van der Waals surface area contributed by atoms with Crippen molar-refractivity contribution in [3.8, 4) is 17.0 Å². The molecule has 0 spiro atoms. The zero-order valence-electron chi connectivity index (χ0n) is 11.7. The third-order valence-electron chi connectivity index (χ3n) is 3.00. The second kappa shape index (κ2) is 7.25.